The molecule has 0 radical (unpaired) electrons. The number of aryl methyl sites for hydroxylation is 2. The number of hydrogen-bond donors (Lipinski definition) is 0. The van der Waals surface area contributed by atoms with Gasteiger partial charge in [-0.3, -0.25) is 14.2 Å². The molecule has 7 heteroatoms. The maximum atomic E-state index is 14.2. The molecule has 0 atom stereocenters. The largest absolute Gasteiger partial charge is 0.495 e. The van der Waals surface area contributed by atoms with Crippen molar-refractivity contribution in [1.82, 2.24) is 4.57 Å². The van der Waals surface area contributed by atoms with Gasteiger partial charge in [0, 0.05) is 28.1 Å². The fraction of sp³-hybridized carbons (Fsp3) is 0.185. The van der Waals surface area contributed by atoms with Crippen LogP contribution in [0, 0.1) is 13.8 Å². The van der Waals surface area contributed by atoms with Crippen LogP contribution in [0.4, 0.5) is 5.69 Å². The fourth-order valence-corrected chi connectivity index (χ4v) is 4.71. The lowest BCUT2D eigenvalue weighted by atomic mass is 10.0. The Hall–Kier alpha value is -3.28. The first-order valence-electron chi connectivity index (χ1n) is 10.8. The number of carbonyl (C=O) groups excluding carboxylic acids is 2. The number of halogens is 2. The van der Waals surface area contributed by atoms with Gasteiger partial charge >= 0.3 is 0 Å². The Morgan fingerprint density at radius 2 is 1.71 bits per heavy atom. The van der Waals surface area contributed by atoms with Crippen LogP contribution in [0.2, 0.25) is 10.0 Å². The summed E-state index contributed by atoms with van der Waals surface area (Å²) in [7, 11) is 1.53. The normalized spacial score (nSPS) is 11.0. The van der Waals surface area contributed by atoms with Crippen molar-refractivity contribution in [3.8, 4) is 17.0 Å². The summed E-state index contributed by atoms with van der Waals surface area (Å²) in [5, 5.41) is 1.62. The highest BCUT2D eigenvalue weighted by Gasteiger charge is 2.28. The standard InChI is InChI=1S/C27H24Cl2N2O3/c1-5-30(15-32)26-20-13-23(34-4)21(29)14-22(20)31(25(26)18-9-11-19(28)12-10-18)27(33)24-16(2)7-6-8-17(24)3/h6-15H,5H2,1-4H3. The molecule has 3 aromatic carbocycles. The summed E-state index contributed by atoms with van der Waals surface area (Å²) in [5.41, 5.74) is 4.82. The number of fused-ring (bicyclic) bond motifs is 1. The molecule has 0 aliphatic carbocycles. The summed E-state index contributed by atoms with van der Waals surface area (Å²) in [6.07, 6.45) is 0.767. The molecule has 0 N–H and O–H groups in total. The van der Waals surface area contributed by atoms with Gasteiger partial charge in [-0.25, -0.2) is 0 Å². The van der Waals surface area contributed by atoms with Crippen molar-refractivity contribution in [2.75, 3.05) is 18.6 Å². The number of ether oxygens (including phenoxy) is 1. The van der Waals surface area contributed by atoms with E-state index in [-0.39, 0.29) is 5.91 Å². The van der Waals surface area contributed by atoms with Gasteiger partial charge in [-0.05, 0) is 56.2 Å². The summed E-state index contributed by atoms with van der Waals surface area (Å²) in [6, 6.07) is 16.4. The van der Waals surface area contributed by atoms with Crippen LogP contribution in [0.5, 0.6) is 5.75 Å². The predicted octanol–water partition coefficient (Wildman–Crippen LogP) is 6.91. The van der Waals surface area contributed by atoms with Gasteiger partial charge in [0.05, 0.1) is 29.0 Å². The second-order valence-electron chi connectivity index (χ2n) is 8.01. The summed E-state index contributed by atoms with van der Waals surface area (Å²) >= 11 is 12.7. The van der Waals surface area contributed by atoms with Crippen molar-refractivity contribution in [3.63, 3.8) is 0 Å². The van der Waals surface area contributed by atoms with Gasteiger partial charge in [0.1, 0.15) is 5.75 Å². The van der Waals surface area contributed by atoms with Crippen LogP contribution < -0.4 is 9.64 Å². The molecule has 0 aliphatic rings. The first kappa shape index (κ1) is 23.9. The lowest BCUT2D eigenvalue weighted by Crippen LogP contribution is -2.22. The number of amides is 1. The zero-order valence-electron chi connectivity index (χ0n) is 19.4. The summed E-state index contributed by atoms with van der Waals surface area (Å²) < 4.78 is 7.10. The van der Waals surface area contributed by atoms with Crippen LogP contribution in [0.3, 0.4) is 0 Å². The van der Waals surface area contributed by atoms with Gasteiger partial charge in [0.25, 0.3) is 5.91 Å². The molecule has 0 saturated heterocycles. The lowest BCUT2D eigenvalue weighted by molar-refractivity contribution is -0.107. The maximum Gasteiger partial charge on any atom is 0.263 e. The molecule has 4 aromatic rings. The van der Waals surface area contributed by atoms with Gasteiger partial charge in [-0.2, -0.15) is 0 Å². The average Bonchev–Trinajstić information content (AvgIpc) is 3.13. The van der Waals surface area contributed by atoms with E-state index in [1.54, 1.807) is 33.7 Å². The molecule has 0 unspecified atom stereocenters. The molecule has 0 fully saturated rings. The molecule has 1 heterocycles. The maximum absolute atomic E-state index is 14.2. The molecule has 0 aliphatic heterocycles. The molecular formula is C27H24Cl2N2O3. The van der Waals surface area contributed by atoms with Gasteiger partial charge < -0.3 is 9.64 Å². The minimum absolute atomic E-state index is 0.208. The van der Waals surface area contributed by atoms with Crippen molar-refractivity contribution < 1.29 is 14.3 Å². The molecule has 34 heavy (non-hydrogen) atoms. The minimum atomic E-state index is -0.208. The predicted molar refractivity (Wildman–Crippen MR) is 139 cm³/mol. The Morgan fingerprint density at radius 1 is 1.06 bits per heavy atom. The first-order chi connectivity index (χ1) is 16.3. The Bertz CT molecular complexity index is 1390. The van der Waals surface area contributed by atoms with Crippen molar-refractivity contribution in [2.45, 2.75) is 20.8 Å². The van der Waals surface area contributed by atoms with Crippen molar-refractivity contribution in [1.29, 1.82) is 0 Å². The quantitative estimate of drug-likeness (QED) is 0.273. The minimum Gasteiger partial charge on any atom is -0.495 e. The first-order valence-corrected chi connectivity index (χ1v) is 11.6. The van der Waals surface area contributed by atoms with Crippen LogP contribution in [-0.4, -0.2) is 30.5 Å². The fourth-order valence-electron chi connectivity index (χ4n) is 4.35. The average molecular weight is 495 g/mol. The number of anilines is 1. The molecule has 0 bridgehead atoms. The highest BCUT2D eigenvalue weighted by Crippen LogP contribution is 2.44. The van der Waals surface area contributed by atoms with E-state index in [1.807, 2.05) is 51.1 Å². The zero-order valence-corrected chi connectivity index (χ0v) is 20.9. The molecule has 174 valence electrons. The second-order valence-corrected chi connectivity index (χ2v) is 8.85. The highest BCUT2D eigenvalue weighted by atomic mass is 35.5. The molecule has 5 nitrogen and oxygen atoms in total. The third-order valence-electron chi connectivity index (χ3n) is 5.98. The number of rotatable bonds is 6. The van der Waals surface area contributed by atoms with E-state index in [1.165, 1.54) is 7.11 Å². The smallest absolute Gasteiger partial charge is 0.263 e. The van der Waals surface area contributed by atoms with Crippen LogP contribution in [0.15, 0.2) is 54.6 Å². The van der Waals surface area contributed by atoms with E-state index in [0.29, 0.717) is 50.2 Å². The van der Waals surface area contributed by atoms with E-state index in [4.69, 9.17) is 27.9 Å². The van der Waals surface area contributed by atoms with Gasteiger partial charge in [-0.15, -0.1) is 0 Å². The van der Waals surface area contributed by atoms with Crippen molar-refractivity contribution in [3.05, 3.63) is 81.3 Å². The van der Waals surface area contributed by atoms with Crippen molar-refractivity contribution >= 4 is 52.1 Å². The Balaban J connectivity index is 2.20. The van der Waals surface area contributed by atoms with Gasteiger partial charge in [0.15, 0.2) is 0 Å². The number of methoxy groups -OCH3 is 1. The van der Waals surface area contributed by atoms with Gasteiger partial charge in [-0.1, -0.05) is 53.5 Å². The Morgan fingerprint density at radius 3 is 2.26 bits per heavy atom. The van der Waals surface area contributed by atoms with E-state index >= 15 is 0 Å². The number of nitrogens with zero attached hydrogens (tertiary/aromatic N) is 2. The molecular weight excluding hydrogens is 471 g/mol. The number of carbonyl (C=O) groups is 2. The van der Waals surface area contributed by atoms with Crippen LogP contribution in [0.1, 0.15) is 28.4 Å². The number of aromatic nitrogens is 1. The molecule has 0 saturated carbocycles. The van der Waals surface area contributed by atoms with E-state index in [0.717, 1.165) is 23.1 Å². The second kappa shape index (κ2) is 9.53. The van der Waals surface area contributed by atoms with E-state index in [9.17, 15) is 9.59 Å². The summed E-state index contributed by atoms with van der Waals surface area (Å²) in [5.74, 6) is 0.247. The van der Waals surface area contributed by atoms with Crippen LogP contribution >= 0.6 is 23.2 Å². The highest BCUT2D eigenvalue weighted by molar-refractivity contribution is 6.33. The lowest BCUT2D eigenvalue weighted by Gasteiger charge is -2.19. The van der Waals surface area contributed by atoms with Crippen molar-refractivity contribution in [2.24, 2.45) is 0 Å². The Labute approximate surface area is 208 Å². The third kappa shape index (κ3) is 3.95. The van der Waals surface area contributed by atoms with Gasteiger partial charge in [0.2, 0.25) is 6.41 Å². The third-order valence-corrected chi connectivity index (χ3v) is 6.53. The zero-order chi connectivity index (χ0) is 24.6. The van der Waals surface area contributed by atoms with E-state index in [2.05, 4.69) is 0 Å². The molecule has 1 amide bonds. The Kier molecular flexibility index (Phi) is 6.69. The van der Waals surface area contributed by atoms with E-state index < -0.39 is 0 Å². The molecule has 0 spiro atoms. The molecule has 1 aromatic heterocycles. The van der Waals surface area contributed by atoms with Crippen LogP contribution in [-0.2, 0) is 4.79 Å². The topological polar surface area (TPSA) is 51.5 Å². The molecule has 4 rings (SSSR count). The monoisotopic (exact) mass is 494 g/mol. The summed E-state index contributed by atoms with van der Waals surface area (Å²) in [6.45, 7) is 6.11. The summed E-state index contributed by atoms with van der Waals surface area (Å²) in [4.78, 5) is 27.9. The van der Waals surface area contributed by atoms with Crippen LogP contribution in [0.25, 0.3) is 22.2 Å². The number of hydrogen-bond acceptors (Lipinski definition) is 3. The number of benzene rings is 3. The SMILES string of the molecule is CCN(C=O)c1c(-c2ccc(Cl)cc2)n(C(=O)c2c(C)cccc2C)c2cc(Cl)c(OC)cc12.